The lowest BCUT2D eigenvalue weighted by molar-refractivity contribution is -0.139. The maximum Gasteiger partial charge on any atom is 0.326 e. The van der Waals surface area contributed by atoms with Gasteiger partial charge in [0.2, 0.25) is 0 Å². The first kappa shape index (κ1) is 14.8. The molecule has 1 fully saturated rings. The van der Waals surface area contributed by atoms with Crippen LogP contribution in [-0.2, 0) is 4.79 Å². The number of aliphatic carboxylic acids is 1. The monoisotopic (exact) mass is 256 g/mol. The second kappa shape index (κ2) is 7.95. The fraction of sp³-hybridized carbons (Fsp3) is 0.846. The summed E-state index contributed by atoms with van der Waals surface area (Å²) in [7, 11) is 0. The van der Waals surface area contributed by atoms with Gasteiger partial charge in [-0.3, -0.25) is 0 Å². The molecule has 2 amide bonds. The van der Waals surface area contributed by atoms with Gasteiger partial charge in [-0.05, 0) is 19.3 Å². The van der Waals surface area contributed by atoms with Crippen molar-refractivity contribution in [1.29, 1.82) is 0 Å². The highest BCUT2D eigenvalue weighted by molar-refractivity contribution is 5.82. The van der Waals surface area contributed by atoms with E-state index in [2.05, 4.69) is 10.6 Å². The van der Waals surface area contributed by atoms with Crippen molar-refractivity contribution in [2.45, 2.75) is 70.4 Å². The third kappa shape index (κ3) is 5.38. The van der Waals surface area contributed by atoms with Crippen LogP contribution in [0.5, 0.6) is 0 Å². The third-order valence-electron chi connectivity index (χ3n) is 3.45. The van der Waals surface area contributed by atoms with Crippen molar-refractivity contribution in [2.75, 3.05) is 0 Å². The van der Waals surface area contributed by atoms with E-state index in [4.69, 9.17) is 5.11 Å². The van der Waals surface area contributed by atoms with Crippen LogP contribution in [0.15, 0.2) is 0 Å². The maximum absolute atomic E-state index is 11.7. The molecule has 1 aliphatic rings. The van der Waals surface area contributed by atoms with E-state index >= 15 is 0 Å². The number of carboxylic acids is 1. The largest absolute Gasteiger partial charge is 0.480 e. The van der Waals surface area contributed by atoms with E-state index in [-0.39, 0.29) is 12.1 Å². The van der Waals surface area contributed by atoms with Crippen molar-refractivity contribution in [3.05, 3.63) is 0 Å². The Kier molecular flexibility index (Phi) is 6.54. The summed E-state index contributed by atoms with van der Waals surface area (Å²) in [6.45, 7) is 1.74. The highest BCUT2D eigenvalue weighted by Crippen LogP contribution is 2.16. The summed E-state index contributed by atoms with van der Waals surface area (Å²) in [6, 6.07) is -0.954. The lowest BCUT2D eigenvalue weighted by Gasteiger charge is -2.22. The molecule has 0 aliphatic heterocycles. The summed E-state index contributed by atoms with van der Waals surface area (Å²) in [5, 5.41) is 14.3. The molecule has 0 unspecified atom stereocenters. The van der Waals surface area contributed by atoms with E-state index in [1.54, 1.807) is 6.92 Å². The van der Waals surface area contributed by atoms with Gasteiger partial charge in [0.15, 0.2) is 0 Å². The fourth-order valence-electron chi connectivity index (χ4n) is 2.32. The summed E-state index contributed by atoms with van der Waals surface area (Å²) in [5.74, 6) is -0.981. The average molecular weight is 256 g/mol. The van der Waals surface area contributed by atoms with Gasteiger partial charge >= 0.3 is 12.0 Å². The quantitative estimate of drug-likeness (QED) is 0.722. The number of carbonyl (C=O) groups excluding carboxylic acids is 1. The van der Waals surface area contributed by atoms with Crippen LogP contribution in [0.1, 0.15) is 58.3 Å². The van der Waals surface area contributed by atoms with Gasteiger partial charge < -0.3 is 15.7 Å². The maximum atomic E-state index is 11.7. The third-order valence-corrected chi connectivity index (χ3v) is 3.45. The SMILES string of the molecule is CC[C@H](NC(=O)NC1CCCCCCC1)C(=O)O. The van der Waals surface area contributed by atoms with E-state index in [0.717, 1.165) is 25.7 Å². The molecule has 18 heavy (non-hydrogen) atoms. The van der Waals surface area contributed by atoms with Crippen LogP contribution in [-0.4, -0.2) is 29.2 Å². The summed E-state index contributed by atoms with van der Waals surface area (Å²) in [6.07, 6.45) is 8.42. The Morgan fingerprint density at radius 1 is 1.17 bits per heavy atom. The van der Waals surface area contributed by atoms with Crippen LogP contribution in [0.25, 0.3) is 0 Å². The molecule has 5 nitrogen and oxygen atoms in total. The molecule has 0 radical (unpaired) electrons. The average Bonchev–Trinajstić information content (AvgIpc) is 2.29. The van der Waals surface area contributed by atoms with Crippen LogP contribution in [0.4, 0.5) is 4.79 Å². The van der Waals surface area contributed by atoms with E-state index < -0.39 is 12.0 Å². The predicted molar refractivity (Wildman–Crippen MR) is 69.5 cm³/mol. The molecule has 0 saturated heterocycles. The van der Waals surface area contributed by atoms with Crippen molar-refractivity contribution >= 4 is 12.0 Å². The number of rotatable bonds is 4. The summed E-state index contributed by atoms with van der Waals surface area (Å²) < 4.78 is 0. The van der Waals surface area contributed by atoms with E-state index in [0.29, 0.717) is 6.42 Å². The molecule has 1 atom stereocenters. The molecule has 0 spiro atoms. The minimum atomic E-state index is -0.981. The highest BCUT2D eigenvalue weighted by Gasteiger charge is 2.19. The van der Waals surface area contributed by atoms with Gasteiger partial charge in [-0.25, -0.2) is 9.59 Å². The van der Waals surface area contributed by atoms with E-state index in [1.807, 2.05) is 0 Å². The number of carboxylic acid groups (broad SMARTS) is 1. The highest BCUT2D eigenvalue weighted by atomic mass is 16.4. The standard InChI is InChI=1S/C13H24N2O3/c1-2-11(12(16)17)15-13(18)14-10-8-6-4-3-5-7-9-10/h10-11H,2-9H2,1H3,(H,16,17)(H2,14,15,18)/t11-/m0/s1. The number of hydrogen-bond acceptors (Lipinski definition) is 2. The van der Waals surface area contributed by atoms with Crippen LogP contribution < -0.4 is 10.6 Å². The molecular weight excluding hydrogens is 232 g/mol. The minimum Gasteiger partial charge on any atom is -0.480 e. The Morgan fingerprint density at radius 2 is 1.72 bits per heavy atom. The molecule has 5 heteroatoms. The van der Waals surface area contributed by atoms with Crippen LogP contribution in [0, 0.1) is 0 Å². The molecule has 0 aromatic heterocycles. The zero-order chi connectivity index (χ0) is 13.4. The first-order chi connectivity index (χ1) is 8.63. The number of nitrogens with one attached hydrogen (secondary N) is 2. The summed E-state index contributed by atoms with van der Waals surface area (Å²) >= 11 is 0. The van der Waals surface area contributed by atoms with Crippen molar-refractivity contribution in [3.63, 3.8) is 0 Å². The van der Waals surface area contributed by atoms with Gasteiger partial charge in [0.05, 0.1) is 0 Å². The van der Waals surface area contributed by atoms with Crippen molar-refractivity contribution < 1.29 is 14.7 Å². The fourth-order valence-corrected chi connectivity index (χ4v) is 2.32. The first-order valence-electron chi connectivity index (χ1n) is 6.93. The Morgan fingerprint density at radius 3 is 2.22 bits per heavy atom. The lowest BCUT2D eigenvalue weighted by Crippen LogP contribution is -2.48. The second-order valence-electron chi connectivity index (χ2n) is 4.96. The van der Waals surface area contributed by atoms with E-state index in [1.165, 1.54) is 19.3 Å². The first-order valence-corrected chi connectivity index (χ1v) is 6.93. The molecule has 1 aliphatic carbocycles. The molecule has 0 bridgehead atoms. The second-order valence-corrected chi connectivity index (χ2v) is 4.96. The molecule has 1 saturated carbocycles. The number of hydrogen-bond donors (Lipinski definition) is 3. The zero-order valence-electron chi connectivity index (χ0n) is 11.1. The Balaban J connectivity index is 2.35. The molecule has 0 aromatic rings. The van der Waals surface area contributed by atoms with Crippen LogP contribution in [0.3, 0.4) is 0 Å². The Labute approximate surface area is 108 Å². The normalized spacial score (nSPS) is 19.4. The summed E-state index contributed by atoms with van der Waals surface area (Å²) in [5.41, 5.74) is 0. The topological polar surface area (TPSA) is 78.4 Å². The number of carbonyl (C=O) groups is 2. The van der Waals surface area contributed by atoms with Gasteiger partial charge in [0.25, 0.3) is 0 Å². The van der Waals surface area contributed by atoms with Crippen molar-refractivity contribution in [2.24, 2.45) is 0 Å². The Bertz CT molecular complexity index is 273. The number of amides is 2. The molecular formula is C13H24N2O3. The lowest BCUT2D eigenvalue weighted by atomic mass is 9.97. The van der Waals surface area contributed by atoms with Gasteiger partial charge in [-0.2, -0.15) is 0 Å². The molecule has 1 rings (SSSR count). The number of urea groups is 1. The molecule has 3 N–H and O–H groups in total. The zero-order valence-corrected chi connectivity index (χ0v) is 11.1. The summed E-state index contributed by atoms with van der Waals surface area (Å²) in [4.78, 5) is 22.5. The van der Waals surface area contributed by atoms with Gasteiger partial charge in [0.1, 0.15) is 6.04 Å². The molecule has 104 valence electrons. The Hall–Kier alpha value is -1.26. The van der Waals surface area contributed by atoms with Gasteiger partial charge in [0, 0.05) is 6.04 Å². The molecule has 0 heterocycles. The smallest absolute Gasteiger partial charge is 0.326 e. The van der Waals surface area contributed by atoms with E-state index in [9.17, 15) is 9.59 Å². The van der Waals surface area contributed by atoms with Crippen molar-refractivity contribution in [3.8, 4) is 0 Å². The predicted octanol–water partition coefficient (Wildman–Crippen LogP) is 2.26. The van der Waals surface area contributed by atoms with Gasteiger partial charge in [-0.15, -0.1) is 0 Å². The van der Waals surface area contributed by atoms with Crippen LogP contribution in [0.2, 0.25) is 0 Å². The molecule has 0 aromatic carbocycles. The minimum absolute atomic E-state index is 0.191. The van der Waals surface area contributed by atoms with Crippen molar-refractivity contribution in [1.82, 2.24) is 10.6 Å². The van der Waals surface area contributed by atoms with Gasteiger partial charge in [-0.1, -0.05) is 39.0 Å². The van der Waals surface area contributed by atoms with Crippen LogP contribution >= 0.6 is 0 Å².